The molecule has 1 aromatic rings. The topological polar surface area (TPSA) is 48.8 Å². The summed E-state index contributed by atoms with van der Waals surface area (Å²) in [6.07, 6.45) is 8.37. The van der Waals surface area contributed by atoms with Crippen molar-refractivity contribution in [3.8, 4) is 0 Å². The first-order valence-corrected chi connectivity index (χ1v) is 8.13. The third-order valence-corrected chi connectivity index (χ3v) is 4.82. The van der Waals surface area contributed by atoms with Gasteiger partial charge < -0.3 is 4.90 Å². The Morgan fingerprint density at radius 3 is 2.52 bits per heavy atom. The van der Waals surface area contributed by atoms with Gasteiger partial charge in [0, 0.05) is 38.4 Å². The van der Waals surface area contributed by atoms with Gasteiger partial charge in [-0.2, -0.15) is 0 Å². The highest BCUT2D eigenvalue weighted by molar-refractivity contribution is 6.30. The Kier molecular flexibility index (Phi) is 4.70. The number of halogens is 1. The Labute approximate surface area is 130 Å². The molecule has 1 aliphatic carbocycles. The van der Waals surface area contributed by atoms with Gasteiger partial charge in [0.25, 0.3) is 0 Å². The van der Waals surface area contributed by atoms with Crippen LogP contribution in [0.2, 0.25) is 5.02 Å². The largest absolute Gasteiger partial charge is 0.352 e. The zero-order valence-corrected chi connectivity index (χ0v) is 12.9. The van der Waals surface area contributed by atoms with E-state index in [-0.39, 0.29) is 0 Å². The van der Waals surface area contributed by atoms with Gasteiger partial charge in [0.15, 0.2) is 11.5 Å². The lowest BCUT2D eigenvalue weighted by molar-refractivity contribution is 0.147. The SMILES string of the molecule is O=Nc1cc(Cl)cnc1N1CCN(C2CCCCC2)CC1. The van der Waals surface area contributed by atoms with Crippen molar-refractivity contribution in [2.45, 2.75) is 38.1 Å². The average Bonchev–Trinajstić information content (AvgIpc) is 2.56. The zero-order valence-electron chi connectivity index (χ0n) is 12.2. The van der Waals surface area contributed by atoms with Gasteiger partial charge >= 0.3 is 0 Å². The number of nitroso groups, excluding NO2 is 1. The van der Waals surface area contributed by atoms with Crippen molar-refractivity contribution in [3.63, 3.8) is 0 Å². The number of nitrogens with zero attached hydrogens (tertiary/aromatic N) is 4. The third kappa shape index (κ3) is 3.35. The fourth-order valence-corrected chi connectivity index (χ4v) is 3.63. The Morgan fingerprint density at radius 2 is 1.86 bits per heavy atom. The van der Waals surface area contributed by atoms with Crippen LogP contribution in [0.15, 0.2) is 17.4 Å². The van der Waals surface area contributed by atoms with Gasteiger partial charge in [-0.05, 0) is 24.1 Å². The minimum absolute atomic E-state index is 0.341. The molecule has 2 heterocycles. The van der Waals surface area contributed by atoms with Crippen LogP contribution in [0.25, 0.3) is 0 Å². The average molecular weight is 309 g/mol. The molecule has 0 bridgehead atoms. The molecule has 3 rings (SSSR count). The van der Waals surface area contributed by atoms with E-state index in [0.29, 0.717) is 16.5 Å². The van der Waals surface area contributed by atoms with Crippen molar-refractivity contribution < 1.29 is 0 Å². The molecule has 0 radical (unpaired) electrons. The Bertz CT molecular complexity index is 496. The summed E-state index contributed by atoms with van der Waals surface area (Å²) in [5, 5.41) is 3.52. The predicted molar refractivity (Wildman–Crippen MR) is 85.4 cm³/mol. The van der Waals surface area contributed by atoms with E-state index in [0.717, 1.165) is 32.2 Å². The number of aromatic nitrogens is 1. The molecule has 0 amide bonds. The first-order valence-electron chi connectivity index (χ1n) is 7.76. The van der Waals surface area contributed by atoms with Crippen LogP contribution in [0.1, 0.15) is 32.1 Å². The number of pyridine rings is 1. The van der Waals surface area contributed by atoms with Gasteiger partial charge in [-0.25, -0.2) is 4.98 Å². The van der Waals surface area contributed by atoms with E-state index in [4.69, 9.17) is 11.6 Å². The van der Waals surface area contributed by atoms with E-state index in [1.165, 1.54) is 32.1 Å². The summed E-state index contributed by atoms with van der Waals surface area (Å²) in [5.41, 5.74) is 0.341. The second kappa shape index (κ2) is 6.71. The molecule has 5 nitrogen and oxygen atoms in total. The van der Waals surface area contributed by atoms with Crippen LogP contribution in [-0.2, 0) is 0 Å². The molecule has 1 aliphatic heterocycles. The summed E-state index contributed by atoms with van der Waals surface area (Å²) < 4.78 is 0. The molecule has 6 heteroatoms. The summed E-state index contributed by atoms with van der Waals surface area (Å²) in [7, 11) is 0. The van der Waals surface area contributed by atoms with Gasteiger partial charge in [0.1, 0.15) is 0 Å². The van der Waals surface area contributed by atoms with Crippen LogP contribution in [0.5, 0.6) is 0 Å². The lowest BCUT2D eigenvalue weighted by atomic mass is 9.94. The monoisotopic (exact) mass is 308 g/mol. The molecule has 0 atom stereocenters. The Morgan fingerprint density at radius 1 is 1.14 bits per heavy atom. The predicted octanol–water partition coefficient (Wildman–Crippen LogP) is 3.59. The number of hydrogen-bond acceptors (Lipinski definition) is 5. The molecule has 0 unspecified atom stereocenters. The van der Waals surface area contributed by atoms with Gasteiger partial charge in [-0.1, -0.05) is 30.9 Å². The molecule has 114 valence electrons. The summed E-state index contributed by atoms with van der Waals surface area (Å²) in [4.78, 5) is 20.0. The van der Waals surface area contributed by atoms with Crippen molar-refractivity contribution in [1.29, 1.82) is 0 Å². The van der Waals surface area contributed by atoms with Gasteiger partial charge in [-0.3, -0.25) is 4.90 Å². The minimum Gasteiger partial charge on any atom is -0.352 e. The zero-order chi connectivity index (χ0) is 14.7. The molecule has 1 saturated heterocycles. The molecule has 21 heavy (non-hydrogen) atoms. The van der Waals surface area contributed by atoms with E-state index in [1.807, 2.05) is 0 Å². The first-order chi connectivity index (χ1) is 10.3. The van der Waals surface area contributed by atoms with Gasteiger partial charge in [0.05, 0.1) is 5.02 Å². The molecular weight excluding hydrogens is 288 g/mol. The quantitative estimate of drug-likeness (QED) is 0.801. The molecule has 0 spiro atoms. The summed E-state index contributed by atoms with van der Waals surface area (Å²) in [6, 6.07) is 2.34. The van der Waals surface area contributed by atoms with E-state index >= 15 is 0 Å². The van der Waals surface area contributed by atoms with E-state index in [1.54, 1.807) is 12.3 Å². The van der Waals surface area contributed by atoms with Gasteiger partial charge in [0.2, 0.25) is 0 Å². The summed E-state index contributed by atoms with van der Waals surface area (Å²) in [6.45, 7) is 3.86. The van der Waals surface area contributed by atoms with Crippen LogP contribution in [0, 0.1) is 4.91 Å². The van der Waals surface area contributed by atoms with Crippen LogP contribution >= 0.6 is 11.6 Å². The van der Waals surface area contributed by atoms with Crippen molar-refractivity contribution in [1.82, 2.24) is 9.88 Å². The van der Waals surface area contributed by atoms with Crippen LogP contribution in [-0.4, -0.2) is 42.1 Å². The maximum atomic E-state index is 10.9. The Hall–Kier alpha value is -1.20. The minimum atomic E-state index is 0.341. The van der Waals surface area contributed by atoms with E-state index < -0.39 is 0 Å². The second-order valence-corrected chi connectivity index (χ2v) is 6.34. The smallest absolute Gasteiger partial charge is 0.158 e. The lowest BCUT2D eigenvalue weighted by Crippen LogP contribution is -2.51. The molecule has 2 fully saturated rings. The van der Waals surface area contributed by atoms with E-state index in [2.05, 4.69) is 20.0 Å². The molecule has 2 aliphatic rings. The maximum absolute atomic E-state index is 10.9. The second-order valence-electron chi connectivity index (χ2n) is 5.90. The Balaban J connectivity index is 1.64. The maximum Gasteiger partial charge on any atom is 0.158 e. The van der Waals surface area contributed by atoms with Crippen LogP contribution in [0.3, 0.4) is 0 Å². The molecule has 0 N–H and O–H groups in total. The highest BCUT2D eigenvalue weighted by Crippen LogP contribution is 2.30. The molecule has 1 saturated carbocycles. The van der Waals surface area contributed by atoms with Crippen molar-refractivity contribution in [2.75, 3.05) is 31.1 Å². The van der Waals surface area contributed by atoms with Crippen molar-refractivity contribution >= 4 is 23.1 Å². The van der Waals surface area contributed by atoms with Crippen LogP contribution < -0.4 is 4.90 Å². The first kappa shape index (κ1) is 14.7. The third-order valence-electron chi connectivity index (χ3n) is 4.62. The highest BCUT2D eigenvalue weighted by atomic mass is 35.5. The number of anilines is 1. The van der Waals surface area contributed by atoms with Crippen molar-refractivity contribution in [2.24, 2.45) is 5.18 Å². The molecule has 1 aromatic heterocycles. The van der Waals surface area contributed by atoms with Crippen LogP contribution in [0.4, 0.5) is 11.5 Å². The fourth-order valence-electron chi connectivity index (χ4n) is 3.48. The standard InChI is InChI=1S/C15H21ClN4O/c16-12-10-14(18-21)15(17-11-12)20-8-6-19(7-9-20)13-4-2-1-3-5-13/h10-11,13H,1-9H2. The normalized spacial score (nSPS) is 21.5. The summed E-state index contributed by atoms with van der Waals surface area (Å²) in [5.74, 6) is 0.665. The highest BCUT2D eigenvalue weighted by Gasteiger charge is 2.26. The van der Waals surface area contributed by atoms with Crippen molar-refractivity contribution in [3.05, 3.63) is 22.2 Å². The number of hydrogen-bond donors (Lipinski definition) is 0. The van der Waals surface area contributed by atoms with E-state index in [9.17, 15) is 4.91 Å². The fraction of sp³-hybridized carbons (Fsp3) is 0.667. The molecule has 0 aromatic carbocycles. The lowest BCUT2D eigenvalue weighted by Gasteiger charge is -2.41. The number of piperazine rings is 1. The molecular formula is C15H21ClN4O. The number of rotatable bonds is 3. The summed E-state index contributed by atoms with van der Waals surface area (Å²) >= 11 is 5.87. The van der Waals surface area contributed by atoms with Gasteiger partial charge in [-0.15, -0.1) is 4.91 Å².